The van der Waals surface area contributed by atoms with E-state index in [0.717, 1.165) is 63.9 Å². The molecule has 1 amide bonds. The van der Waals surface area contributed by atoms with Gasteiger partial charge in [-0.1, -0.05) is 51.4 Å². The molecule has 9 nitrogen and oxygen atoms in total. The van der Waals surface area contributed by atoms with E-state index in [1.54, 1.807) is 0 Å². The molecule has 0 spiro atoms. The summed E-state index contributed by atoms with van der Waals surface area (Å²) >= 11 is 0. The molecule has 198 valence electrons. The van der Waals surface area contributed by atoms with E-state index in [1.807, 2.05) is 0 Å². The number of tetrazole rings is 1. The average molecular weight is 500 g/mol. The van der Waals surface area contributed by atoms with Gasteiger partial charge >= 0.3 is 0 Å². The maximum atomic E-state index is 13.1. The normalized spacial score (nSPS) is 31.3. The molecule has 5 rings (SSSR count). The second-order valence-corrected chi connectivity index (χ2v) is 11.2. The number of H-pyrrole nitrogens is 1. The maximum Gasteiger partial charge on any atom is 0.239 e. The van der Waals surface area contributed by atoms with Crippen molar-refractivity contribution in [2.75, 3.05) is 6.61 Å². The van der Waals surface area contributed by atoms with Crippen molar-refractivity contribution in [2.24, 2.45) is 17.8 Å². The van der Waals surface area contributed by atoms with Crippen molar-refractivity contribution >= 4 is 17.4 Å². The van der Waals surface area contributed by atoms with Gasteiger partial charge in [-0.3, -0.25) is 9.59 Å². The Labute approximate surface area is 213 Å². The lowest BCUT2D eigenvalue weighted by molar-refractivity contribution is -0.133. The zero-order valence-electron chi connectivity index (χ0n) is 21.3. The van der Waals surface area contributed by atoms with Crippen LogP contribution in [0.2, 0.25) is 0 Å². The molecule has 3 aliphatic carbocycles. The fraction of sp³-hybridized carbons (Fsp3) is 0.815. The van der Waals surface area contributed by atoms with Crippen LogP contribution in [0.25, 0.3) is 5.76 Å². The summed E-state index contributed by atoms with van der Waals surface area (Å²) in [5.41, 5.74) is 0. The van der Waals surface area contributed by atoms with Gasteiger partial charge in [-0.05, 0) is 56.1 Å². The topological polar surface area (TPSA) is 119 Å². The summed E-state index contributed by atoms with van der Waals surface area (Å²) in [6.45, 7) is 0.848. The maximum absolute atomic E-state index is 13.1. The first kappa shape index (κ1) is 25.4. The van der Waals surface area contributed by atoms with Crippen molar-refractivity contribution < 1.29 is 19.1 Å². The van der Waals surface area contributed by atoms with Crippen LogP contribution in [0.15, 0.2) is 6.08 Å². The summed E-state index contributed by atoms with van der Waals surface area (Å²) in [5.74, 6) is 1.41. The van der Waals surface area contributed by atoms with Crippen LogP contribution in [0, 0.1) is 17.8 Å². The van der Waals surface area contributed by atoms with Crippen LogP contribution in [0.3, 0.4) is 0 Å². The Bertz CT molecular complexity index is 890. The molecule has 36 heavy (non-hydrogen) atoms. The molecule has 2 N–H and O–H groups in total. The van der Waals surface area contributed by atoms with Crippen LogP contribution in [0.5, 0.6) is 0 Å². The molecule has 1 aromatic heterocycles. The summed E-state index contributed by atoms with van der Waals surface area (Å²) in [4.78, 5) is 25.9. The highest BCUT2D eigenvalue weighted by molar-refractivity contribution is 5.98. The second-order valence-electron chi connectivity index (χ2n) is 11.2. The highest BCUT2D eigenvalue weighted by Crippen LogP contribution is 2.36. The zero-order chi connectivity index (χ0) is 24.7. The van der Waals surface area contributed by atoms with E-state index in [1.165, 1.54) is 51.0 Å². The number of nitrogens with zero attached hydrogens (tertiary/aromatic N) is 3. The lowest BCUT2D eigenvalue weighted by atomic mass is 9.78. The van der Waals surface area contributed by atoms with E-state index in [9.17, 15) is 9.59 Å². The number of hydrogen-bond acceptors (Lipinski definition) is 7. The van der Waals surface area contributed by atoms with E-state index in [4.69, 9.17) is 9.47 Å². The smallest absolute Gasteiger partial charge is 0.239 e. The number of amides is 1. The summed E-state index contributed by atoms with van der Waals surface area (Å²) in [6, 6.07) is -0.186. The summed E-state index contributed by atoms with van der Waals surface area (Å²) in [6.07, 6.45) is 18.3. The number of aromatic amines is 1. The van der Waals surface area contributed by atoms with Gasteiger partial charge in [0.05, 0.1) is 18.1 Å². The number of hydrogen-bond donors (Lipinski definition) is 2. The van der Waals surface area contributed by atoms with E-state index in [2.05, 4.69) is 25.9 Å². The molecule has 0 radical (unpaired) electrons. The fourth-order valence-electron chi connectivity index (χ4n) is 6.64. The van der Waals surface area contributed by atoms with Gasteiger partial charge in [0, 0.05) is 18.6 Å². The molecular formula is C27H41N5O4. The first-order valence-electron chi connectivity index (χ1n) is 14.3. The SMILES string of the molecule is O=C(NC1CCCC2C(=O)C=C(c3nn[nH]n3)OC12)C1CCC(OCCCCC2CCCCC2)CC1. The first-order chi connectivity index (χ1) is 17.7. The Morgan fingerprint density at radius 1 is 1.03 bits per heavy atom. The Hall–Kier alpha value is -2.29. The number of nitrogens with one attached hydrogen (secondary N) is 2. The number of allylic oxidation sites excluding steroid dienone is 1. The molecule has 3 unspecified atom stereocenters. The van der Waals surface area contributed by atoms with Gasteiger partial charge in [-0.2, -0.15) is 5.21 Å². The van der Waals surface area contributed by atoms with Crippen LogP contribution < -0.4 is 5.32 Å². The number of unbranched alkanes of at least 4 members (excludes halogenated alkanes) is 1. The van der Waals surface area contributed by atoms with Gasteiger partial charge in [-0.25, -0.2) is 0 Å². The van der Waals surface area contributed by atoms with Crippen molar-refractivity contribution in [3.8, 4) is 0 Å². The molecule has 1 aromatic rings. The Kier molecular flexibility index (Phi) is 8.67. The molecule has 3 fully saturated rings. The standard InChI is InChI=1S/C27H41N5O4/c33-23-17-24(26-29-31-32-30-26)36-25-21(23)10-6-11-22(25)28-27(34)19-12-14-20(15-13-19)35-16-5-4-9-18-7-2-1-3-8-18/h17-22,25H,1-16H2,(H,28,34)(H,29,30,31,32). The van der Waals surface area contributed by atoms with Crippen molar-refractivity contribution in [1.29, 1.82) is 0 Å². The Morgan fingerprint density at radius 3 is 2.64 bits per heavy atom. The number of rotatable bonds is 9. The summed E-state index contributed by atoms with van der Waals surface area (Å²) in [5, 5.41) is 17.1. The lowest BCUT2D eigenvalue weighted by Gasteiger charge is -2.40. The number of fused-ring (bicyclic) bond motifs is 1. The molecule has 2 heterocycles. The van der Waals surface area contributed by atoms with Crippen molar-refractivity contribution in [3.63, 3.8) is 0 Å². The van der Waals surface area contributed by atoms with E-state index in [-0.39, 0.29) is 47.6 Å². The van der Waals surface area contributed by atoms with Crippen LogP contribution in [-0.4, -0.2) is 57.2 Å². The minimum atomic E-state index is -0.387. The first-order valence-corrected chi connectivity index (χ1v) is 14.3. The number of carbonyl (C=O) groups is 2. The Balaban J connectivity index is 1.03. The average Bonchev–Trinajstić information content (AvgIpc) is 3.45. The highest BCUT2D eigenvalue weighted by Gasteiger charge is 2.43. The third-order valence-electron chi connectivity index (χ3n) is 8.75. The lowest BCUT2D eigenvalue weighted by Crippen LogP contribution is -2.54. The molecule has 4 aliphatic rings. The van der Waals surface area contributed by atoms with Gasteiger partial charge in [0.15, 0.2) is 11.5 Å². The van der Waals surface area contributed by atoms with E-state index in [0.29, 0.717) is 5.76 Å². The number of aromatic nitrogens is 4. The third-order valence-corrected chi connectivity index (χ3v) is 8.75. The number of carbonyl (C=O) groups excluding carboxylic acids is 2. The minimum Gasteiger partial charge on any atom is -0.483 e. The van der Waals surface area contributed by atoms with Crippen LogP contribution in [0.1, 0.15) is 102 Å². The second kappa shape index (κ2) is 12.3. The van der Waals surface area contributed by atoms with E-state index < -0.39 is 0 Å². The van der Waals surface area contributed by atoms with Crippen LogP contribution in [-0.2, 0) is 19.1 Å². The van der Waals surface area contributed by atoms with Crippen molar-refractivity contribution in [2.45, 2.75) is 115 Å². The molecule has 9 heteroatoms. The molecule has 3 atom stereocenters. The highest BCUT2D eigenvalue weighted by atomic mass is 16.5. The number of ether oxygens (including phenoxy) is 2. The number of ketones is 1. The minimum absolute atomic E-state index is 0.00281. The van der Waals surface area contributed by atoms with Gasteiger partial charge in [-0.15, -0.1) is 10.2 Å². The van der Waals surface area contributed by atoms with Crippen LogP contribution in [0.4, 0.5) is 0 Å². The van der Waals surface area contributed by atoms with Crippen molar-refractivity contribution in [3.05, 3.63) is 11.9 Å². The third kappa shape index (κ3) is 6.33. The van der Waals surface area contributed by atoms with Gasteiger partial charge < -0.3 is 14.8 Å². The van der Waals surface area contributed by atoms with Crippen molar-refractivity contribution in [1.82, 2.24) is 25.9 Å². The summed E-state index contributed by atoms with van der Waals surface area (Å²) in [7, 11) is 0. The predicted octanol–water partition coefficient (Wildman–Crippen LogP) is 4.12. The zero-order valence-corrected chi connectivity index (χ0v) is 21.3. The molecule has 0 saturated heterocycles. The largest absolute Gasteiger partial charge is 0.483 e. The quantitative estimate of drug-likeness (QED) is 0.491. The van der Waals surface area contributed by atoms with Crippen LogP contribution >= 0.6 is 0 Å². The van der Waals surface area contributed by atoms with Gasteiger partial charge in [0.2, 0.25) is 11.7 Å². The molecule has 1 aliphatic heterocycles. The Morgan fingerprint density at radius 2 is 1.86 bits per heavy atom. The molecular weight excluding hydrogens is 458 g/mol. The van der Waals surface area contributed by atoms with Gasteiger partial charge in [0.25, 0.3) is 0 Å². The fourth-order valence-corrected chi connectivity index (χ4v) is 6.64. The molecule has 0 bridgehead atoms. The van der Waals surface area contributed by atoms with Gasteiger partial charge in [0.1, 0.15) is 6.10 Å². The summed E-state index contributed by atoms with van der Waals surface area (Å²) < 4.78 is 12.3. The monoisotopic (exact) mass is 499 g/mol. The predicted molar refractivity (Wildman–Crippen MR) is 133 cm³/mol. The molecule has 3 saturated carbocycles. The molecule has 0 aromatic carbocycles. The van der Waals surface area contributed by atoms with E-state index >= 15 is 0 Å².